The second-order valence-electron chi connectivity index (χ2n) is 7.11. The topological polar surface area (TPSA) is 106 Å². The highest BCUT2D eigenvalue weighted by Crippen LogP contribution is 2.38. The minimum Gasteiger partial charge on any atom is -0.436 e. The van der Waals surface area contributed by atoms with Crippen molar-refractivity contribution in [3.63, 3.8) is 0 Å². The first-order valence-corrected chi connectivity index (χ1v) is 11.7. The Kier molecular flexibility index (Phi) is 10.6. The van der Waals surface area contributed by atoms with Crippen LogP contribution in [0.5, 0.6) is 5.75 Å². The van der Waals surface area contributed by atoms with Crippen LogP contribution in [0.2, 0.25) is 0 Å². The molecule has 0 spiro atoms. The summed E-state index contributed by atoms with van der Waals surface area (Å²) in [6, 6.07) is 8.81. The molecule has 170 valence electrons. The van der Waals surface area contributed by atoms with E-state index in [2.05, 4.69) is 26.3 Å². The summed E-state index contributed by atoms with van der Waals surface area (Å²) in [6.07, 6.45) is 2.98. The number of hydrogen-bond acceptors (Lipinski definition) is 8. The minimum absolute atomic E-state index is 0.174. The first-order valence-electron chi connectivity index (χ1n) is 9.70. The van der Waals surface area contributed by atoms with Gasteiger partial charge in [0.2, 0.25) is 6.41 Å². The van der Waals surface area contributed by atoms with E-state index in [1.54, 1.807) is 25.1 Å². The number of carbonyl (C=O) groups is 3. The number of imide groups is 1. The van der Waals surface area contributed by atoms with Gasteiger partial charge in [0, 0.05) is 19.2 Å². The van der Waals surface area contributed by atoms with Crippen molar-refractivity contribution in [1.82, 2.24) is 15.3 Å². The van der Waals surface area contributed by atoms with Gasteiger partial charge in [-0.05, 0) is 41.4 Å². The SMILES string of the molecule is CC(C=O)NP(OCC1CC(C)C(N(C)/C=C(/Br)C(=O)NC=O)O1)Oc1ccccc1. The zero-order valence-electron chi connectivity index (χ0n) is 17.6. The van der Waals surface area contributed by atoms with Crippen molar-refractivity contribution >= 4 is 43.1 Å². The fourth-order valence-corrected chi connectivity index (χ4v) is 4.60. The Bertz CT molecular complexity index is 769. The van der Waals surface area contributed by atoms with Gasteiger partial charge < -0.3 is 23.5 Å². The molecule has 1 heterocycles. The molecule has 2 amide bonds. The van der Waals surface area contributed by atoms with Crippen LogP contribution < -0.4 is 14.9 Å². The molecule has 1 fully saturated rings. The van der Waals surface area contributed by atoms with Crippen molar-refractivity contribution < 1.29 is 28.2 Å². The fourth-order valence-electron chi connectivity index (χ4n) is 2.97. The molecule has 1 aliphatic rings. The molecule has 0 aliphatic carbocycles. The van der Waals surface area contributed by atoms with Gasteiger partial charge in [-0.3, -0.25) is 14.9 Å². The summed E-state index contributed by atoms with van der Waals surface area (Å²) in [6.45, 7) is 4.05. The van der Waals surface area contributed by atoms with E-state index >= 15 is 0 Å². The van der Waals surface area contributed by atoms with Gasteiger partial charge in [-0.25, -0.2) is 5.09 Å². The largest absolute Gasteiger partial charge is 0.436 e. The van der Waals surface area contributed by atoms with Gasteiger partial charge in [0.05, 0.1) is 23.2 Å². The lowest BCUT2D eigenvalue weighted by Crippen LogP contribution is -2.33. The highest BCUT2D eigenvalue weighted by atomic mass is 79.9. The van der Waals surface area contributed by atoms with Gasteiger partial charge in [-0.2, -0.15) is 0 Å². The summed E-state index contributed by atoms with van der Waals surface area (Å²) in [4.78, 5) is 34.9. The zero-order valence-corrected chi connectivity index (χ0v) is 20.0. The van der Waals surface area contributed by atoms with Crippen LogP contribution in [0, 0.1) is 5.92 Å². The quantitative estimate of drug-likeness (QED) is 0.248. The van der Waals surface area contributed by atoms with E-state index in [-0.39, 0.29) is 29.3 Å². The number of rotatable bonds is 12. The molecule has 0 saturated carbocycles. The van der Waals surface area contributed by atoms with Crippen LogP contribution in [0.15, 0.2) is 41.0 Å². The predicted molar refractivity (Wildman–Crippen MR) is 120 cm³/mol. The number of ether oxygens (including phenoxy) is 1. The molecular weight excluding hydrogens is 489 g/mol. The molecule has 11 heteroatoms. The fraction of sp³-hybridized carbons (Fsp3) is 0.450. The van der Waals surface area contributed by atoms with Crippen molar-refractivity contribution in [3.05, 3.63) is 41.0 Å². The number of hydrogen-bond donors (Lipinski definition) is 2. The summed E-state index contributed by atoms with van der Waals surface area (Å²) >= 11 is 3.16. The Morgan fingerprint density at radius 3 is 2.74 bits per heavy atom. The standard InChI is InChI=1S/C20H27BrN3O6P/c1-14-9-17(29-20(14)24(3)10-18(21)19(27)22-13-26)12-28-31(23-15(2)11-25)30-16-7-5-4-6-8-16/h4-8,10-11,13-15,17,20,23H,9,12H2,1-3H3,(H,22,26,27)/b18-10+. The van der Waals surface area contributed by atoms with E-state index in [0.717, 1.165) is 12.7 Å². The van der Waals surface area contributed by atoms with E-state index in [4.69, 9.17) is 13.8 Å². The van der Waals surface area contributed by atoms with Crippen LogP contribution in [-0.4, -0.2) is 55.5 Å². The molecule has 1 aromatic rings. The third-order valence-electron chi connectivity index (χ3n) is 4.40. The zero-order chi connectivity index (χ0) is 22.8. The Morgan fingerprint density at radius 2 is 2.10 bits per heavy atom. The van der Waals surface area contributed by atoms with Crippen molar-refractivity contribution in [3.8, 4) is 5.75 Å². The van der Waals surface area contributed by atoms with E-state index in [0.29, 0.717) is 12.2 Å². The summed E-state index contributed by atoms with van der Waals surface area (Å²) in [5.41, 5.74) is 0. The van der Waals surface area contributed by atoms with E-state index in [9.17, 15) is 14.4 Å². The number of nitrogens with zero attached hydrogens (tertiary/aromatic N) is 1. The Hall–Kier alpha value is -1.84. The molecule has 1 aromatic carbocycles. The Morgan fingerprint density at radius 1 is 1.39 bits per heavy atom. The summed E-state index contributed by atoms with van der Waals surface area (Å²) in [7, 11) is 0.241. The van der Waals surface area contributed by atoms with Gasteiger partial charge in [0.1, 0.15) is 18.3 Å². The molecule has 5 unspecified atom stereocenters. The number of benzene rings is 1. The summed E-state index contributed by atoms with van der Waals surface area (Å²) in [5, 5.41) is 5.10. The molecule has 2 N–H and O–H groups in total. The molecule has 0 bridgehead atoms. The van der Waals surface area contributed by atoms with Gasteiger partial charge in [-0.1, -0.05) is 25.1 Å². The maximum Gasteiger partial charge on any atom is 0.318 e. The Labute approximate surface area is 191 Å². The van der Waals surface area contributed by atoms with E-state index in [1.807, 2.05) is 37.3 Å². The molecule has 5 atom stereocenters. The molecule has 1 aliphatic heterocycles. The first kappa shape index (κ1) is 25.4. The number of carbonyl (C=O) groups excluding carboxylic acids is 3. The third-order valence-corrected chi connectivity index (χ3v) is 6.34. The second kappa shape index (κ2) is 12.9. The number of halogens is 1. The van der Waals surface area contributed by atoms with Crippen LogP contribution in [0.1, 0.15) is 20.3 Å². The van der Waals surface area contributed by atoms with Crippen molar-refractivity contribution in [2.24, 2.45) is 5.92 Å². The highest BCUT2D eigenvalue weighted by Gasteiger charge is 2.35. The predicted octanol–water partition coefficient (Wildman–Crippen LogP) is 2.68. The number of amides is 2. The molecule has 2 rings (SSSR count). The Balaban J connectivity index is 1.93. The van der Waals surface area contributed by atoms with Crippen molar-refractivity contribution in [2.45, 2.75) is 38.6 Å². The lowest BCUT2D eigenvalue weighted by molar-refractivity contribution is -0.122. The molecular formula is C20H27BrN3O6P. The van der Waals surface area contributed by atoms with E-state index in [1.165, 1.54) is 0 Å². The second-order valence-corrected chi connectivity index (χ2v) is 9.17. The minimum atomic E-state index is -1.55. The van der Waals surface area contributed by atoms with Crippen LogP contribution >= 0.6 is 24.5 Å². The summed E-state index contributed by atoms with van der Waals surface area (Å²) in [5.74, 6) is 0.278. The van der Waals surface area contributed by atoms with Gasteiger partial charge in [0.25, 0.3) is 5.91 Å². The monoisotopic (exact) mass is 515 g/mol. The molecule has 1 saturated heterocycles. The smallest absolute Gasteiger partial charge is 0.318 e. The van der Waals surface area contributed by atoms with Crippen LogP contribution in [0.25, 0.3) is 0 Å². The average molecular weight is 516 g/mol. The van der Waals surface area contributed by atoms with Crippen molar-refractivity contribution in [1.29, 1.82) is 0 Å². The maximum absolute atomic E-state index is 11.7. The van der Waals surface area contributed by atoms with Crippen LogP contribution in [0.3, 0.4) is 0 Å². The van der Waals surface area contributed by atoms with Gasteiger partial charge in [-0.15, -0.1) is 0 Å². The lowest BCUT2D eigenvalue weighted by Gasteiger charge is -2.26. The van der Waals surface area contributed by atoms with Crippen LogP contribution in [0.4, 0.5) is 0 Å². The molecule has 31 heavy (non-hydrogen) atoms. The lowest BCUT2D eigenvalue weighted by atomic mass is 10.1. The van der Waals surface area contributed by atoms with Crippen molar-refractivity contribution in [2.75, 3.05) is 13.7 Å². The van der Waals surface area contributed by atoms with Gasteiger partial charge >= 0.3 is 8.53 Å². The highest BCUT2D eigenvalue weighted by molar-refractivity contribution is 9.12. The molecule has 0 aromatic heterocycles. The first-order chi connectivity index (χ1) is 14.8. The van der Waals surface area contributed by atoms with Gasteiger partial charge in [0.15, 0.2) is 0 Å². The van der Waals surface area contributed by atoms with E-state index < -0.39 is 20.5 Å². The summed E-state index contributed by atoms with van der Waals surface area (Å²) < 4.78 is 18.1. The average Bonchev–Trinajstić information content (AvgIpc) is 3.13. The number of nitrogens with one attached hydrogen (secondary N) is 2. The third kappa shape index (κ3) is 8.31. The van der Waals surface area contributed by atoms with Crippen LogP contribution in [-0.2, 0) is 23.6 Å². The molecule has 0 radical (unpaired) electrons. The maximum atomic E-state index is 11.7. The number of aldehydes is 1. The normalized spacial score (nSPS) is 23.0. The molecule has 9 nitrogen and oxygen atoms in total. The number of para-hydroxylation sites is 1.